The molecule has 0 spiro atoms. The minimum Gasteiger partial charge on any atom is -0.396 e. The Bertz CT molecular complexity index is 818. The molecule has 2 aromatic carbocycles. The molecule has 0 radical (unpaired) electrons. The minimum absolute atomic E-state index is 0.0267. The molecule has 1 aromatic heterocycles. The fraction of sp³-hybridized carbons (Fsp3) is 0. The SMILES string of the molecule is Nc1cc(-c2nnnn2-c2cccc(Br)c2)c(F)cc1F. The Morgan fingerprint density at radius 3 is 2.67 bits per heavy atom. The van der Waals surface area contributed by atoms with Crippen molar-refractivity contribution in [2.45, 2.75) is 0 Å². The number of nitrogen functional groups attached to an aromatic ring is 1. The molecule has 5 nitrogen and oxygen atoms in total. The lowest BCUT2D eigenvalue weighted by Crippen LogP contribution is -2.02. The van der Waals surface area contributed by atoms with Crippen molar-refractivity contribution in [2.24, 2.45) is 0 Å². The van der Waals surface area contributed by atoms with E-state index in [9.17, 15) is 8.78 Å². The van der Waals surface area contributed by atoms with Crippen molar-refractivity contribution >= 4 is 21.6 Å². The highest BCUT2D eigenvalue weighted by Crippen LogP contribution is 2.27. The smallest absolute Gasteiger partial charge is 0.190 e. The van der Waals surface area contributed by atoms with Crippen LogP contribution in [0.5, 0.6) is 0 Å². The summed E-state index contributed by atoms with van der Waals surface area (Å²) in [7, 11) is 0. The van der Waals surface area contributed by atoms with E-state index in [2.05, 4.69) is 31.5 Å². The summed E-state index contributed by atoms with van der Waals surface area (Å²) in [5.41, 5.74) is 5.97. The van der Waals surface area contributed by atoms with Gasteiger partial charge in [-0.05, 0) is 34.7 Å². The van der Waals surface area contributed by atoms with E-state index < -0.39 is 11.6 Å². The van der Waals surface area contributed by atoms with Crippen LogP contribution in [-0.2, 0) is 0 Å². The van der Waals surface area contributed by atoms with Crippen LogP contribution in [0.1, 0.15) is 0 Å². The second-order valence-corrected chi connectivity index (χ2v) is 5.16. The Hall–Kier alpha value is -2.35. The number of tetrazole rings is 1. The van der Waals surface area contributed by atoms with Crippen LogP contribution in [0.3, 0.4) is 0 Å². The predicted octanol–water partition coefficient (Wildman–Crippen LogP) is 2.95. The largest absolute Gasteiger partial charge is 0.396 e. The van der Waals surface area contributed by atoms with Gasteiger partial charge >= 0.3 is 0 Å². The molecule has 2 N–H and O–H groups in total. The van der Waals surface area contributed by atoms with Gasteiger partial charge in [-0.25, -0.2) is 8.78 Å². The Balaban J connectivity index is 2.18. The first kappa shape index (κ1) is 13.6. The second-order valence-electron chi connectivity index (χ2n) is 4.25. The van der Waals surface area contributed by atoms with E-state index >= 15 is 0 Å². The Morgan fingerprint density at radius 2 is 1.90 bits per heavy atom. The van der Waals surface area contributed by atoms with E-state index in [-0.39, 0.29) is 17.1 Å². The minimum atomic E-state index is -0.822. The van der Waals surface area contributed by atoms with E-state index in [0.717, 1.165) is 4.47 Å². The molecule has 0 fully saturated rings. The molecule has 106 valence electrons. The van der Waals surface area contributed by atoms with Gasteiger partial charge in [-0.2, -0.15) is 4.68 Å². The highest BCUT2D eigenvalue weighted by atomic mass is 79.9. The number of anilines is 1. The van der Waals surface area contributed by atoms with Crippen molar-refractivity contribution in [3.8, 4) is 17.1 Å². The van der Waals surface area contributed by atoms with Gasteiger partial charge in [-0.1, -0.05) is 22.0 Å². The van der Waals surface area contributed by atoms with E-state index in [1.165, 1.54) is 10.7 Å². The third kappa shape index (κ3) is 2.49. The molecular weight excluding hydrogens is 344 g/mol. The molecule has 0 saturated carbocycles. The number of aromatic nitrogens is 4. The van der Waals surface area contributed by atoms with E-state index in [1.807, 2.05) is 6.07 Å². The molecule has 8 heteroatoms. The topological polar surface area (TPSA) is 69.6 Å². The second kappa shape index (κ2) is 5.21. The van der Waals surface area contributed by atoms with Crippen LogP contribution in [-0.4, -0.2) is 20.2 Å². The van der Waals surface area contributed by atoms with Gasteiger partial charge in [0.1, 0.15) is 11.6 Å². The molecule has 3 aromatic rings. The molecular formula is C13H8BrF2N5. The van der Waals surface area contributed by atoms with Crippen molar-refractivity contribution < 1.29 is 8.78 Å². The Kier molecular flexibility index (Phi) is 3.38. The molecule has 0 aliphatic carbocycles. The van der Waals surface area contributed by atoms with Crippen molar-refractivity contribution in [1.29, 1.82) is 0 Å². The third-order valence-electron chi connectivity index (χ3n) is 2.85. The van der Waals surface area contributed by atoms with Crippen LogP contribution in [0.4, 0.5) is 14.5 Å². The number of benzene rings is 2. The van der Waals surface area contributed by atoms with Crippen LogP contribution >= 0.6 is 15.9 Å². The third-order valence-corrected chi connectivity index (χ3v) is 3.34. The quantitative estimate of drug-likeness (QED) is 0.720. The van der Waals surface area contributed by atoms with Crippen molar-refractivity contribution in [2.75, 3.05) is 5.73 Å². The fourth-order valence-electron chi connectivity index (χ4n) is 1.87. The maximum atomic E-state index is 14.0. The molecule has 0 aliphatic heterocycles. The van der Waals surface area contributed by atoms with Crippen LogP contribution in [0.25, 0.3) is 17.1 Å². The van der Waals surface area contributed by atoms with Gasteiger partial charge in [0.25, 0.3) is 0 Å². The number of nitrogens with two attached hydrogens (primary N) is 1. The molecule has 0 amide bonds. The number of nitrogens with zero attached hydrogens (tertiary/aromatic N) is 4. The Labute approximate surface area is 126 Å². The molecule has 3 rings (SSSR count). The van der Waals surface area contributed by atoms with Crippen molar-refractivity contribution in [3.63, 3.8) is 0 Å². The van der Waals surface area contributed by atoms with Crippen LogP contribution in [0.2, 0.25) is 0 Å². The van der Waals surface area contributed by atoms with Gasteiger partial charge in [0.15, 0.2) is 5.82 Å². The first-order valence-corrected chi connectivity index (χ1v) is 6.65. The first-order valence-electron chi connectivity index (χ1n) is 5.85. The fourth-order valence-corrected chi connectivity index (χ4v) is 2.26. The molecule has 0 aliphatic rings. The first-order chi connectivity index (χ1) is 10.1. The normalized spacial score (nSPS) is 10.8. The molecule has 0 atom stereocenters. The zero-order chi connectivity index (χ0) is 15.0. The zero-order valence-electron chi connectivity index (χ0n) is 10.5. The van der Waals surface area contributed by atoms with Gasteiger partial charge in [0, 0.05) is 10.5 Å². The molecule has 1 heterocycles. The van der Waals surface area contributed by atoms with Gasteiger partial charge in [-0.15, -0.1) is 5.10 Å². The summed E-state index contributed by atoms with van der Waals surface area (Å²) >= 11 is 3.34. The van der Waals surface area contributed by atoms with E-state index in [0.29, 0.717) is 11.8 Å². The van der Waals surface area contributed by atoms with E-state index in [4.69, 9.17) is 5.73 Å². The lowest BCUT2D eigenvalue weighted by Gasteiger charge is -2.07. The van der Waals surface area contributed by atoms with Gasteiger partial charge in [0.05, 0.1) is 16.9 Å². The average Bonchev–Trinajstić information content (AvgIpc) is 2.92. The predicted molar refractivity (Wildman–Crippen MR) is 76.6 cm³/mol. The van der Waals surface area contributed by atoms with Crippen LogP contribution in [0, 0.1) is 11.6 Å². The number of halogens is 3. The molecule has 0 unspecified atom stereocenters. The number of rotatable bonds is 2. The molecule has 0 saturated heterocycles. The van der Waals surface area contributed by atoms with E-state index in [1.54, 1.807) is 18.2 Å². The summed E-state index contributed by atoms with van der Waals surface area (Å²) in [5.74, 6) is -1.47. The van der Waals surface area contributed by atoms with Gasteiger partial charge < -0.3 is 5.73 Å². The number of hydrogen-bond acceptors (Lipinski definition) is 4. The summed E-state index contributed by atoms with van der Waals surface area (Å²) in [4.78, 5) is 0. The maximum Gasteiger partial charge on any atom is 0.190 e. The monoisotopic (exact) mass is 351 g/mol. The molecule has 21 heavy (non-hydrogen) atoms. The zero-order valence-corrected chi connectivity index (χ0v) is 12.1. The summed E-state index contributed by atoms with van der Waals surface area (Å²) in [5, 5.41) is 11.2. The lowest BCUT2D eigenvalue weighted by molar-refractivity contribution is 0.587. The highest BCUT2D eigenvalue weighted by molar-refractivity contribution is 9.10. The highest BCUT2D eigenvalue weighted by Gasteiger charge is 2.17. The van der Waals surface area contributed by atoms with Crippen molar-refractivity contribution in [1.82, 2.24) is 20.2 Å². The van der Waals surface area contributed by atoms with Crippen LogP contribution < -0.4 is 5.73 Å². The summed E-state index contributed by atoms with van der Waals surface area (Å²) in [6.07, 6.45) is 0. The summed E-state index contributed by atoms with van der Waals surface area (Å²) in [6, 6.07) is 9.04. The van der Waals surface area contributed by atoms with Crippen LogP contribution in [0.15, 0.2) is 40.9 Å². The summed E-state index contributed by atoms with van der Waals surface area (Å²) in [6.45, 7) is 0. The lowest BCUT2D eigenvalue weighted by atomic mass is 10.1. The summed E-state index contributed by atoms with van der Waals surface area (Å²) < 4.78 is 29.4. The van der Waals surface area contributed by atoms with Crippen molar-refractivity contribution in [3.05, 3.63) is 52.5 Å². The average molecular weight is 352 g/mol. The van der Waals surface area contributed by atoms with Gasteiger partial charge in [0.2, 0.25) is 0 Å². The Morgan fingerprint density at radius 1 is 1.10 bits per heavy atom. The van der Waals surface area contributed by atoms with Gasteiger partial charge in [-0.3, -0.25) is 0 Å². The molecule has 0 bridgehead atoms. The number of hydrogen-bond donors (Lipinski definition) is 1. The standard InChI is InChI=1S/C13H8BrF2N5/c14-7-2-1-3-8(4-7)21-13(18-19-20-21)9-5-12(17)11(16)6-10(9)15/h1-6H,17H2. The maximum absolute atomic E-state index is 14.0.